The highest BCUT2D eigenvalue weighted by atomic mass is 16.6. The SMILES string of the molecule is CC(C#N)(NC(=O)C1(OC(=O)c2ccc3ccccc3c2)CCCCC1)OCc1ccccc1. The third kappa shape index (κ3) is 5.27. The van der Waals surface area contributed by atoms with Crippen LogP contribution in [0.4, 0.5) is 0 Å². The molecule has 4 rings (SSSR count). The molecule has 0 aliphatic heterocycles. The average molecular weight is 457 g/mol. The quantitative estimate of drug-likeness (QED) is 0.386. The first-order chi connectivity index (χ1) is 16.4. The second-order valence-electron chi connectivity index (χ2n) is 8.88. The van der Waals surface area contributed by atoms with E-state index in [4.69, 9.17) is 9.47 Å². The number of nitrogens with zero attached hydrogens (tertiary/aromatic N) is 1. The van der Waals surface area contributed by atoms with Crippen molar-refractivity contribution < 1.29 is 19.1 Å². The average Bonchev–Trinajstić information content (AvgIpc) is 2.88. The lowest BCUT2D eigenvalue weighted by molar-refractivity contribution is -0.152. The van der Waals surface area contributed by atoms with E-state index in [0.29, 0.717) is 18.4 Å². The maximum absolute atomic E-state index is 13.5. The summed E-state index contributed by atoms with van der Waals surface area (Å²) in [6, 6.07) is 24.6. The molecule has 6 heteroatoms. The van der Waals surface area contributed by atoms with Crippen molar-refractivity contribution in [3.63, 3.8) is 0 Å². The minimum atomic E-state index is -1.56. The van der Waals surface area contributed by atoms with Crippen molar-refractivity contribution >= 4 is 22.6 Å². The number of carbonyl (C=O) groups is 2. The Bertz CT molecular complexity index is 1210. The highest BCUT2D eigenvalue weighted by Gasteiger charge is 2.46. The third-order valence-electron chi connectivity index (χ3n) is 6.28. The summed E-state index contributed by atoms with van der Waals surface area (Å²) in [7, 11) is 0. The Morgan fingerprint density at radius 3 is 2.35 bits per heavy atom. The van der Waals surface area contributed by atoms with E-state index in [2.05, 4.69) is 5.32 Å². The first-order valence-electron chi connectivity index (χ1n) is 11.6. The summed E-state index contributed by atoms with van der Waals surface area (Å²) in [6.45, 7) is 1.67. The van der Waals surface area contributed by atoms with Crippen molar-refractivity contribution in [2.75, 3.05) is 0 Å². The number of nitriles is 1. The van der Waals surface area contributed by atoms with Crippen LogP contribution in [0.2, 0.25) is 0 Å². The fraction of sp³-hybridized carbons (Fsp3) is 0.321. The number of fused-ring (bicyclic) bond motifs is 1. The second-order valence-corrected chi connectivity index (χ2v) is 8.88. The van der Waals surface area contributed by atoms with Gasteiger partial charge in [0.25, 0.3) is 5.91 Å². The third-order valence-corrected chi connectivity index (χ3v) is 6.28. The molecule has 1 aliphatic carbocycles. The molecule has 3 aromatic rings. The van der Waals surface area contributed by atoms with Crippen molar-refractivity contribution in [1.82, 2.24) is 5.32 Å². The van der Waals surface area contributed by atoms with Crippen LogP contribution < -0.4 is 5.32 Å². The molecule has 6 nitrogen and oxygen atoms in total. The number of hydrogen-bond acceptors (Lipinski definition) is 5. The van der Waals surface area contributed by atoms with Crippen LogP contribution in [0.15, 0.2) is 72.8 Å². The van der Waals surface area contributed by atoms with Crippen molar-refractivity contribution in [1.29, 1.82) is 5.26 Å². The lowest BCUT2D eigenvalue weighted by atomic mass is 9.83. The van der Waals surface area contributed by atoms with E-state index in [-0.39, 0.29) is 6.61 Å². The summed E-state index contributed by atoms with van der Waals surface area (Å²) in [4.78, 5) is 26.6. The topological polar surface area (TPSA) is 88.4 Å². The highest BCUT2D eigenvalue weighted by molar-refractivity contribution is 5.97. The minimum Gasteiger partial charge on any atom is -0.445 e. The molecule has 0 radical (unpaired) electrons. The van der Waals surface area contributed by atoms with E-state index in [1.54, 1.807) is 12.1 Å². The fourth-order valence-corrected chi connectivity index (χ4v) is 4.28. The zero-order valence-corrected chi connectivity index (χ0v) is 19.3. The van der Waals surface area contributed by atoms with Crippen LogP contribution in [0.5, 0.6) is 0 Å². The molecule has 0 aromatic heterocycles. The number of esters is 1. The number of amides is 1. The molecular weight excluding hydrogens is 428 g/mol. The van der Waals surface area contributed by atoms with Gasteiger partial charge >= 0.3 is 5.97 Å². The lowest BCUT2D eigenvalue weighted by Crippen LogP contribution is -2.58. The molecule has 0 heterocycles. The molecule has 3 aromatic carbocycles. The molecule has 0 spiro atoms. The fourth-order valence-electron chi connectivity index (χ4n) is 4.28. The summed E-state index contributed by atoms with van der Waals surface area (Å²) in [5, 5.41) is 14.4. The van der Waals surface area contributed by atoms with Crippen LogP contribution >= 0.6 is 0 Å². The maximum Gasteiger partial charge on any atom is 0.339 e. The normalized spacial score (nSPS) is 16.7. The predicted molar refractivity (Wildman–Crippen MR) is 129 cm³/mol. The highest BCUT2D eigenvalue weighted by Crippen LogP contribution is 2.34. The van der Waals surface area contributed by atoms with E-state index in [1.165, 1.54) is 6.92 Å². The first kappa shape index (κ1) is 23.5. The number of ether oxygens (including phenoxy) is 2. The van der Waals surface area contributed by atoms with Gasteiger partial charge in [-0.3, -0.25) is 4.79 Å². The molecule has 1 N–H and O–H groups in total. The number of carbonyl (C=O) groups excluding carboxylic acids is 2. The van der Waals surface area contributed by atoms with Crippen molar-refractivity contribution in [2.45, 2.75) is 57.0 Å². The van der Waals surface area contributed by atoms with Gasteiger partial charge in [-0.25, -0.2) is 4.79 Å². The smallest absolute Gasteiger partial charge is 0.339 e. The largest absolute Gasteiger partial charge is 0.445 e. The van der Waals surface area contributed by atoms with Crippen LogP contribution in [0.25, 0.3) is 10.8 Å². The van der Waals surface area contributed by atoms with E-state index in [0.717, 1.165) is 35.6 Å². The van der Waals surface area contributed by atoms with Gasteiger partial charge in [-0.2, -0.15) is 5.26 Å². The van der Waals surface area contributed by atoms with E-state index in [1.807, 2.05) is 66.7 Å². The Morgan fingerprint density at radius 2 is 1.65 bits per heavy atom. The molecule has 1 aliphatic rings. The van der Waals surface area contributed by atoms with Gasteiger partial charge in [-0.1, -0.05) is 67.1 Å². The van der Waals surface area contributed by atoms with Crippen molar-refractivity contribution in [2.24, 2.45) is 0 Å². The molecule has 1 unspecified atom stereocenters. The zero-order valence-electron chi connectivity index (χ0n) is 19.3. The summed E-state index contributed by atoms with van der Waals surface area (Å²) >= 11 is 0. The van der Waals surface area contributed by atoms with Crippen LogP contribution in [0.1, 0.15) is 54.9 Å². The van der Waals surface area contributed by atoms with Gasteiger partial charge in [0, 0.05) is 0 Å². The van der Waals surface area contributed by atoms with Crippen LogP contribution in [-0.2, 0) is 20.9 Å². The van der Waals surface area contributed by atoms with Gasteiger partial charge in [0.05, 0.1) is 12.2 Å². The molecule has 1 atom stereocenters. The van der Waals surface area contributed by atoms with Gasteiger partial charge < -0.3 is 14.8 Å². The van der Waals surface area contributed by atoms with Crippen LogP contribution in [0.3, 0.4) is 0 Å². The zero-order chi connectivity index (χ0) is 24.0. The van der Waals surface area contributed by atoms with Gasteiger partial charge in [0.2, 0.25) is 5.72 Å². The van der Waals surface area contributed by atoms with Gasteiger partial charge in [-0.15, -0.1) is 0 Å². The monoisotopic (exact) mass is 456 g/mol. The molecule has 0 saturated heterocycles. The van der Waals surface area contributed by atoms with Gasteiger partial charge in [-0.05, 0) is 61.1 Å². The predicted octanol–water partition coefficient (Wildman–Crippen LogP) is 5.27. The second kappa shape index (κ2) is 10.1. The lowest BCUT2D eigenvalue weighted by Gasteiger charge is -2.37. The number of rotatable bonds is 7. The number of nitrogens with one attached hydrogen (secondary N) is 1. The number of hydrogen-bond donors (Lipinski definition) is 1. The summed E-state index contributed by atoms with van der Waals surface area (Å²) < 4.78 is 11.7. The van der Waals surface area contributed by atoms with Crippen LogP contribution in [0, 0.1) is 11.3 Å². The molecule has 174 valence electrons. The maximum atomic E-state index is 13.5. The Labute approximate surface area is 199 Å². The van der Waals surface area contributed by atoms with Gasteiger partial charge in [0.1, 0.15) is 6.07 Å². The molecule has 34 heavy (non-hydrogen) atoms. The Hall–Kier alpha value is -3.69. The Balaban J connectivity index is 1.51. The van der Waals surface area contributed by atoms with E-state index in [9.17, 15) is 14.9 Å². The van der Waals surface area contributed by atoms with Crippen molar-refractivity contribution in [3.8, 4) is 6.07 Å². The molecule has 1 fully saturated rings. The first-order valence-corrected chi connectivity index (χ1v) is 11.6. The summed E-state index contributed by atoms with van der Waals surface area (Å²) in [6.07, 6.45) is 3.28. The molecular formula is C28H28N2O4. The molecule has 1 amide bonds. The van der Waals surface area contributed by atoms with E-state index >= 15 is 0 Å². The van der Waals surface area contributed by atoms with Crippen LogP contribution in [-0.4, -0.2) is 23.2 Å². The Kier molecular flexibility index (Phi) is 6.95. The Morgan fingerprint density at radius 1 is 0.971 bits per heavy atom. The minimum absolute atomic E-state index is 0.162. The summed E-state index contributed by atoms with van der Waals surface area (Å²) in [5.74, 6) is -1.05. The molecule has 1 saturated carbocycles. The van der Waals surface area contributed by atoms with E-state index < -0.39 is 23.2 Å². The molecule has 0 bridgehead atoms. The summed E-state index contributed by atoms with van der Waals surface area (Å²) in [5.41, 5.74) is -1.63. The number of benzene rings is 3. The van der Waals surface area contributed by atoms with Gasteiger partial charge in [0.15, 0.2) is 5.60 Å². The standard InChI is InChI=1S/C28H28N2O4/c1-27(20-29,33-19-21-10-4-2-5-11-21)30-26(32)28(16-8-3-9-17-28)34-25(31)24-15-14-22-12-6-7-13-23(22)18-24/h2,4-7,10-15,18H,3,8-9,16-17,19H2,1H3,(H,30,32). The van der Waals surface area contributed by atoms with Crippen molar-refractivity contribution in [3.05, 3.63) is 83.9 Å².